The van der Waals surface area contributed by atoms with Gasteiger partial charge in [-0.05, 0) is 24.5 Å². The van der Waals surface area contributed by atoms with Crippen LogP contribution in [-0.4, -0.2) is 12.5 Å². The van der Waals surface area contributed by atoms with Crippen LogP contribution in [0.25, 0.3) is 0 Å². The van der Waals surface area contributed by atoms with E-state index in [0.717, 1.165) is 6.07 Å². The molecule has 1 aromatic rings. The summed E-state index contributed by atoms with van der Waals surface area (Å²) >= 11 is 0. The fourth-order valence-corrected chi connectivity index (χ4v) is 1.27. The lowest BCUT2D eigenvalue weighted by molar-refractivity contribution is -0.118. The molecule has 0 heterocycles. The zero-order valence-electron chi connectivity index (χ0n) is 8.52. The minimum atomic E-state index is -0.571. The third kappa shape index (κ3) is 4.06. The fourth-order valence-electron chi connectivity index (χ4n) is 1.27. The molecule has 0 aromatic heterocycles. The Morgan fingerprint density at radius 2 is 2.13 bits per heavy atom. The largest absolute Gasteiger partial charge is 0.356 e. The first kappa shape index (κ1) is 11.6. The van der Waals surface area contributed by atoms with Gasteiger partial charge < -0.3 is 5.32 Å². The lowest BCUT2D eigenvalue weighted by atomic mass is 10.1. The van der Waals surface area contributed by atoms with E-state index in [2.05, 4.69) is 5.32 Å². The molecule has 0 unspecified atom stereocenters. The van der Waals surface area contributed by atoms with Crippen molar-refractivity contribution in [3.8, 4) is 0 Å². The minimum Gasteiger partial charge on any atom is -0.356 e. The summed E-state index contributed by atoms with van der Waals surface area (Å²) in [4.78, 5) is 10.5. The highest BCUT2D eigenvalue weighted by molar-refractivity contribution is 5.72. The van der Waals surface area contributed by atoms with Crippen LogP contribution in [0, 0.1) is 11.6 Å². The monoisotopic (exact) mass is 213 g/mol. The maximum Gasteiger partial charge on any atom is 0.216 e. The molecule has 0 radical (unpaired) electrons. The number of rotatable bonds is 4. The quantitative estimate of drug-likeness (QED) is 0.762. The Hall–Kier alpha value is -1.45. The molecule has 0 aliphatic rings. The zero-order valence-corrected chi connectivity index (χ0v) is 8.52. The predicted octanol–water partition coefficient (Wildman–Crippen LogP) is 2.03. The van der Waals surface area contributed by atoms with Crippen molar-refractivity contribution >= 4 is 5.91 Å². The van der Waals surface area contributed by atoms with E-state index >= 15 is 0 Å². The average Bonchev–Trinajstić information content (AvgIpc) is 2.14. The van der Waals surface area contributed by atoms with Crippen LogP contribution in [-0.2, 0) is 11.2 Å². The van der Waals surface area contributed by atoms with Crippen molar-refractivity contribution in [2.24, 2.45) is 0 Å². The SMILES string of the molecule is CC(=O)NCCCc1ccc(F)cc1F. The second kappa shape index (κ2) is 5.44. The lowest BCUT2D eigenvalue weighted by Crippen LogP contribution is -2.21. The summed E-state index contributed by atoms with van der Waals surface area (Å²) in [5, 5.41) is 2.61. The van der Waals surface area contributed by atoms with Crippen LogP contribution >= 0.6 is 0 Å². The summed E-state index contributed by atoms with van der Waals surface area (Å²) in [5.41, 5.74) is 0.474. The van der Waals surface area contributed by atoms with Crippen LogP contribution < -0.4 is 5.32 Å². The molecule has 1 rings (SSSR count). The highest BCUT2D eigenvalue weighted by Gasteiger charge is 2.03. The second-order valence-corrected chi connectivity index (χ2v) is 3.32. The van der Waals surface area contributed by atoms with Crippen LogP contribution in [0.2, 0.25) is 0 Å². The summed E-state index contributed by atoms with van der Waals surface area (Å²) in [7, 11) is 0. The van der Waals surface area contributed by atoms with Gasteiger partial charge in [-0.2, -0.15) is 0 Å². The molecule has 0 saturated carbocycles. The van der Waals surface area contributed by atoms with Gasteiger partial charge in [0.1, 0.15) is 11.6 Å². The number of aryl methyl sites for hydroxylation is 1. The van der Waals surface area contributed by atoms with Crippen molar-refractivity contribution in [2.75, 3.05) is 6.54 Å². The predicted molar refractivity (Wildman–Crippen MR) is 53.4 cm³/mol. The topological polar surface area (TPSA) is 29.1 Å². The number of halogens is 2. The van der Waals surface area contributed by atoms with Crippen LogP contribution in [0.5, 0.6) is 0 Å². The van der Waals surface area contributed by atoms with Crippen molar-refractivity contribution in [3.05, 3.63) is 35.4 Å². The Bertz CT molecular complexity index is 352. The summed E-state index contributed by atoms with van der Waals surface area (Å²) in [6, 6.07) is 3.53. The number of benzene rings is 1. The molecule has 82 valence electrons. The van der Waals surface area contributed by atoms with E-state index in [1.54, 1.807) is 0 Å². The third-order valence-corrected chi connectivity index (χ3v) is 2.01. The first-order valence-electron chi connectivity index (χ1n) is 4.78. The van der Waals surface area contributed by atoms with Gasteiger partial charge in [-0.3, -0.25) is 4.79 Å². The van der Waals surface area contributed by atoms with E-state index in [1.807, 2.05) is 0 Å². The van der Waals surface area contributed by atoms with Gasteiger partial charge in [0.2, 0.25) is 5.91 Å². The molecule has 15 heavy (non-hydrogen) atoms. The van der Waals surface area contributed by atoms with E-state index in [9.17, 15) is 13.6 Å². The van der Waals surface area contributed by atoms with Gasteiger partial charge in [0, 0.05) is 19.5 Å². The normalized spacial score (nSPS) is 10.1. The van der Waals surface area contributed by atoms with Gasteiger partial charge in [0.15, 0.2) is 0 Å². The van der Waals surface area contributed by atoms with Crippen LogP contribution in [0.4, 0.5) is 8.78 Å². The zero-order chi connectivity index (χ0) is 11.3. The summed E-state index contributed by atoms with van der Waals surface area (Å²) in [5.74, 6) is -1.20. The molecule has 0 spiro atoms. The molecule has 4 heteroatoms. The number of carbonyl (C=O) groups is 1. The number of carbonyl (C=O) groups excluding carboxylic acids is 1. The van der Waals surface area contributed by atoms with Gasteiger partial charge in [0.05, 0.1) is 0 Å². The molecule has 0 saturated heterocycles. The van der Waals surface area contributed by atoms with E-state index < -0.39 is 11.6 Å². The van der Waals surface area contributed by atoms with Gasteiger partial charge in [-0.15, -0.1) is 0 Å². The molecule has 0 aliphatic heterocycles. The molecular weight excluding hydrogens is 200 g/mol. The van der Waals surface area contributed by atoms with Crippen molar-refractivity contribution < 1.29 is 13.6 Å². The molecule has 0 bridgehead atoms. The Morgan fingerprint density at radius 3 is 2.73 bits per heavy atom. The first-order valence-corrected chi connectivity index (χ1v) is 4.78. The summed E-state index contributed by atoms with van der Waals surface area (Å²) in [6.45, 7) is 1.94. The smallest absolute Gasteiger partial charge is 0.216 e. The second-order valence-electron chi connectivity index (χ2n) is 3.32. The first-order chi connectivity index (χ1) is 7.09. The molecule has 0 aliphatic carbocycles. The summed E-state index contributed by atoms with van der Waals surface area (Å²) in [6.07, 6.45) is 1.13. The van der Waals surface area contributed by atoms with Crippen molar-refractivity contribution in [1.29, 1.82) is 0 Å². The van der Waals surface area contributed by atoms with Gasteiger partial charge in [-0.25, -0.2) is 8.78 Å². The van der Waals surface area contributed by atoms with E-state index in [1.165, 1.54) is 19.1 Å². The van der Waals surface area contributed by atoms with Crippen LogP contribution in [0.15, 0.2) is 18.2 Å². The molecule has 1 N–H and O–H groups in total. The molecule has 1 amide bonds. The Balaban J connectivity index is 2.40. The molecule has 0 atom stereocenters. The van der Waals surface area contributed by atoms with Crippen LogP contribution in [0.1, 0.15) is 18.9 Å². The average molecular weight is 213 g/mol. The Labute approximate surface area is 87.3 Å². The minimum absolute atomic E-state index is 0.102. The highest BCUT2D eigenvalue weighted by atomic mass is 19.1. The maximum atomic E-state index is 13.1. The molecular formula is C11H13F2NO. The number of hydrogen-bond donors (Lipinski definition) is 1. The Kier molecular flexibility index (Phi) is 4.21. The molecule has 0 fully saturated rings. The molecule has 1 aromatic carbocycles. The van der Waals surface area contributed by atoms with E-state index in [-0.39, 0.29) is 5.91 Å². The van der Waals surface area contributed by atoms with Crippen molar-refractivity contribution in [2.45, 2.75) is 19.8 Å². The summed E-state index contributed by atoms with van der Waals surface area (Å²) < 4.78 is 25.7. The standard InChI is InChI=1S/C11H13F2NO/c1-8(15)14-6-2-3-9-4-5-10(12)7-11(9)13/h4-5,7H,2-3,6H2,1H3,(H,14,15). The lowest BCUT2D eigenvalue weighted by Gasteiger charge is -2.03. The van der Waals surface area contributed by atoms with Gasteiger partial charge in [-0.1, -0.05) is 6.07 Å². The highest BCUT2D eigenvalue weighted by Crippen LogP contribution is 2.11. The van der Waals surface area contributed by atoms with Crippen molar-refractivity contribution in [1.82, 2.24) is 5.32 Å². The molecule has 2 nitrogen and oxygen atoms in total. The van der Waals surface area contributed by atoms with E-state index in [0.29, 0.717) is 24.9 Å². The fraction of sp³-hybridized carbons (Fsp3) is 0.364. The van der Waals surface area contributed by atoms with Gasteiger partial charge >= 0.3 is 0 Å². The Morgan fingerprint density at radius 1 is 1.40 bits per heavy atom. The third-order valence-electron chi connectivity index (χ3n) is 2.01. The van der Waals surface area contributed by atoms with Crippen LogP contribution in [0.3, 0.4) is 0 Å². The van der Waals surface area contributed by atoms with E-state index in [4.69, 9.17) is 0 Å². The number of nitrogens with one attached hydrogen (secondary N) is 1. The van der Waals surface area contributed by atoms with Gasteiger partial charge in [0.25, 0.3) is 0 Å². The number of hydrogen-bond acceptors (Lipinski definition) is 1. The maximum absolute atomic E-state index is 13.1. The number of amides is 1. The van der Waals surface area contributed by atoms with Crippen molar-refractivity contribution in [3.63, 3.8) is 0 Å².